The molecule has 1 N–H and O–H groups in total. The van der Waals surface area contributed by atoms with Crippen LogP contribution < -0.4 is 10.2 Å². The summed E-state index contributed by atoms with van der Waals surface area (Å²) in [4.78, 5) is 6.47. The molecule has 14 heavy (non-hydrogen) atoms. The minimum Gasteiger partial charge on any atom is -0.365 e. The van der Waals surface area contributed by atoms with Crippen molar-refractivity contribution in [3.05, 3.63) is 24.0 Å². The van der Waals surface area contributed by atoms with Crippen molar-refractivity contribution in [2.75, 3.05) is 18.5 Å². The van der Waals surface area contributed by atoms with Crippen molar-refractivity contribution >= 4 is 23.0 Å². The minimum absolute atomic E-state index is 0.777. The van der Waals surface area contributed by atoms with Crippen molar-refractivity contribution < 1.29 is 0 Å². The van der Waals surface area contributed by atoms with Crippen molar-refractivity contribution in [1.82, 2.24) is 10.3 Å². The molecule has 0 radical (unpaired) electrons. The molecular weight excluding hydrogens is 194 g/mol. The summed E-state index contributed by atoms with van der Waals surface area (Å²) in [6.45, 7) is 0.984. The number of hydrogen-bond acceptors (Lipinski definition) is 2. The van der Waals surface area contributed by atoms with Gasteiger partial charge in [0.05, 0.1) is 11.4 Å². The molecule has 0 aromatic carbocycles. The first kappa shape index (κ1) is 9.40. The summed E-state index contributed by atoms with van der Waals surface area (Å²) >= 11 is 5.24. The lowest BCUT2D eigenvalue weighted by Gasteiger charge is -2.30. The summed E-state index contributed by atoms with van der Waals surface area (Å²) in [5, 5.41) is 3.78. The van der Waals surface area contributed by atoms with Crippen LogP contribution >= 0.6 is 12.2 Å². The Morgan fingerprint density at radius 2 is 2.50 bits per heavy atom. The van der Waals surface area contributed by atoms with E-state index in [0.717, 1.165) is 35.9 Å². The standard InChI is InChI=1S/C10H13N3S/c1-11-10(14)13-7-3-4-8-9(13)5-2-6-12-8/h2,5-6H,3-4,7H2,1H3,(H,11,14). The second-order valence-corrected chi connectivity index (χ2v) is 3.67. The Morgan fingerprint density at radius 3 is 3.29 bits per heavy atom. The molecule has 1 aliphatic rings. The molecule has 0 saturated heterocycles. The van der Waals surface area contributed by atoms with E-state index in [-0.39, 0.29) is 0 Å². The largest absolute Gasteiger partial charge is 0.365 e. The highest BCUT2D eigenvalue weighted by molar-refractivity contribution is 7.80. The van der Waals surface area contributed by atoms with Gasteiger partial charge in [-0.15, -0.1) is 0 Å². The van der Waals surface area contributed by atoms with Crippen LogP contribution in [0, 0.1) is 0 Å². The predicted molar refractivity (Wildman–Crippen MR) is 61.6 cm³/mol. The van der Waals surface area contributed by atoms with E-state index in [1.54, 1.807) is 0 Å². The van der Waals surface area contributed by atoms with Crippen LogP contribution in [-0.2, 0) is 6.42 Å². The third-order valence-electron chi connectivity index (χ3n) is 2.41. The zero-order valence-electron chi connectivity index (χ0n) is 8.16. The molecule has 0 saturated carbocycles. The van der Waals surface area contributed by atoms with Crippen LogP contribution in [0.25, 0.3) is 0 Å². The molecule has 0 atom stereocenters. The number of rotatable bonds is 0. The molecule has 1 aromatic heterocycles. The number of fused-ring (bicyclic) bond motifs is 1. The summed E-state index contributed by atoms with van der Waals surface area (Å²) in [6, 6.07) is 4.03. The minimum atomic E-state index is 0.777. The van der Waals surface area contributed by atoms with Crippen LogP contribution in [0.5, 0.6) is 0 Å². The highest BCUT2D eigenvalue weighted by atomic mass is 32.1. The van der Waals surface area contributed by atoms with Crippen molar-refractivity contribution in [2.45, 2.75) is 12.8 Å². The van der Waals surface area contributed by atoms with Gasteiger partial charge in [0.15, 0.2) is 5.11 Å². The zero-order chi connectivity index (χ0) is 9.97. The smallest absolute Gasteiger partial charge is 0.173 e. The highest BCUT2D eigenvalue weighted by Gasteiger charge is 2.19. The number of anilines is 1. The Bertz CT molecular complexity index is 351. The van der Waals surface area contributed by atoms with Gasteiger partial charge in [0.1, 0.15) is 0 Å². The van der Waals surface area contributed by atoms with E-state index in [9.17, 15) is 0 Å². The molecule has 4 heteroatoms. The fourth-order valence-corrected chi connectivity index (χ4v) is 1.93. The van der Waals surface area contributed by atoms with Gasteiger partial charge < -0.3 is 10.2 Å². The first-order valence-corrected chi connectivity index (χ1v) is 5.17. The van der Waals surface area contributed by atoms with Crippen LogP contribution in [0.2, 0.25) is 0 Å². The van der Waals surface area contributed by atoms with Crippen LogP contribution in [0.4, 0.5) is 5.69 Å². The Labute approximate surface area is 89.1 Å². The molecule has 1 aromatic rings. The first-order valence-electron chi connectivity index (χ1n) is 4.76. The van der Waals surface area contributed by atoms with Gasteiger partial charge in [0.2, 0.25) is 0 Å². The van der Waals surface area contributed by atoms with Crippen molar-refractivity contribution in [3.8, 4) is 0 Å². The van der Waals surface area contributed by atoms with Gasteiger partial charge in [0.25, 0.3) is 0 Å². The summed E-state index contributed by atoms with van der Waals surface area (Å²) in [5.41, 5.74) is 2.30. The Kier molecular flexibility index (Phi) is 2.63. The Morgan fingerprint density at radius 1 is 1.64 bits per heavy atom. The molecule has 3 nitrogen and oxygen atoms in total. The first-order chi connectivity index (χ1) is 6.83. The molecule has 2 rings (SSSR count). The summed E-state index contributed by atoms with van der Waals surface area (Å²) in [6.07, 6.45) is 4.01. The molecule has 0 unspecified atom stereocenters. The van der Waals surface area contributed by atoms with Crippen LogP contribution in [0.15, 0.2) is 18.3 Å². The van der Waals surface area contributed by atoms with E-state index in [0.29, 0.717) is 0 Å². The monoisotopic (exact) mass is 207 g/mol. The van der Waals surface area contributed by atoms with Gasteiger partial charge in [0, 0.05) is 19.8 Å². The molecule has 0 fully saturated rings. The summed E-state index contributed by atoms with van der Waals surface area (Å²) in [5.74, 6) is 0. The number of nitrogens with one attached hydrogen (secondary N) is 1. The molecule has 2 heterocycles. The van der Waals surface area contributed by atoms with E-state index >= 15 is 0 Å². The van der Waals surface area contributed by atoms with Crippen molar-refractivity contribution in [3.63, 3.8) is 0 Å². The van der Waals surface area contributed by atoms with Crippen LogP contribution in [-0.4, -0.2) is 23.7 Å². The molecule has 0 spiro atoms. The fourth-order valence-electron chi connectivity index (χ4n) is 1.74. The molecule has 0 bridgehead atoms. The van der Waals surface area contributed by atoms with Crippen LogP contribution in [0.3, 0.4) is 0 Å². The number of nitrogens with zero attached hydrogens (tertiary/aromatic N) is 2. The van der Waals surface area contributed by atoms with Crippen molar-refractivity contribution in [2.24, 2.45) is 0 Å². The number of aromatic nitrogens is 1. The Balaban J connectivity index is 2.35. The van der Waals surface area contributed by atoms with Gasteiger partial charge in [-0.3, -0.25) is 4.98 Å². The normalized spacial score (nSPS) is 14.8. The van der Waals surface area contributed by atoms with E-state index in [4.69, 9.17) is 12.2 Å². The second kappa shape index (κ2) is 3.92. The lowest BCUT2D eigenvalue weighted by Crippen LogP contribution is -2.41. The topological polar surface area (TPSA) is 28.2 Å². The predicted octanol–water partition coefficient (Wildman–Crippen LogP) is 1.34. The number of aryl methyl sites for hydroxylation is 1. The van der Waals surface area contributed by atoms with E-state index in [1.165, 1.54) is 0 Å². The average molecular weight is 207 g/mol. The SMILES string of the molecule is CNC(=S)N1CCCc2ncccc21. The van der Waals surface area contributed by atoms with Gasteiger partial charge in [-0.05, 0) is 37.2 Å². The quantitative estimate of drug-likeness (QED) is 0.650. The van der Waals surface area contributed by atoms with Gasteiger partial charge in [-0.2, -0.15) is 0 Å². The average Bonchev–Trinajstić information content (AvgIpc) is 2.27. The second-order valence-electron chi connectivity index (χ2n) is 3.28. The molecular formula is C10H13N3S. The third-order valence-corrected chi connectivity index (χ3v) is 2.84. The molecule has 74 valence electrons. The number of thiocarbonyl (C=S) groups is 1. The maximum Gasteiger partial charge on any atom is 0.173 e. The highest BCUT2D eigenvalue weighted by Crippen LogP contribution is 2.24. The van der Waals surface area contributed by atoms with Crippen molar-refractivity contribution in [1.29, 1.82) is 0 Å². The van der Waals surface area contributed by atoms with Crippen LogP contribution in [0.1, 0.15) is 12.1 Å². The maximum absolute atomic E-state index is 5.24. The van der Waals surface area contributed by atoms with Gasteiger partial charge in [-0.25, -0.2) is 0 Å². The number of hydrogen-bond donors (Lipinski definition) is 1. The summed E-state index contributed by atoms with van der Waals surface area (Å²) < 4.78 is 0. The van der Waals surface area contributed by atoms with Gasteiger partial charge in [-0.1, -0.05) is 0 Å². The van der Waals surface area contributed by atoms with E-state index in [2.05, 4.69) is 21.3 Å². The third kappa shape index (κ3) is 1.57. The molecule has 1 aliphatic heterocycles. The summed E-state index contributed by atoms with van der Waals surface area (Å²) in [7, 11) is 1.85. The van der Waals surface area contributed by atoms with Gasteiger partial charge >= 0.3 is 0 Å². The van der Waals surface area contributed by atoms with E-state index in [1.807, 2.05) is 19.3 Å². The number of pyridine rings is 1. The fraction of sp³-hybridized carbons (Fsp3) is 0.400. The maximum atomic E-state index is 5.24. The lowest BCUT2D eigenvalue weighted by molar-refractivity contribution is 0.751. The molecule has 0 amide bonds. The zero-order valence-corrected chi connectivity index (χ0v) is 8.97. The van der Waals surface area contributed by atoms with E-state index < -0.39 is 0 Å². The lowest BCUT2D eigenvalue weighted by atomic mass is 10.1. The molecule has 0 aliphatic carbocycles. The Hall–Kier alpha value is -1.16.